The maximum absolute atomic E-state index is 5.33. The van der Waals surface area contributed by atoms with Gasteiger partial charge in [0.1, 0.15) is 0 Å². The molecule has 1 rings (SSSR count). The first-order chi connectivity index (χ1) is 8.04. The minimum absolute atomic E-state index is 0.506. The average Bonchev–Trinajstić information content (AvgIpc) is 2.92. The van der Waals surface area contributed by atoms with Crippen LogP contribution in [0.1, 0.15) is 27.2 Å². The van der Waals surface area contributed by atoms with E-state index in [9.17, 15) is 0 Å². The maximum Gasteiger partial charge on any atom is 0.0630 e. The van der Waals surface area contributed by atoms with E-state index in [0.29, 0.717) is 12.0 Å². The molecule has 0 radical (unpaired) electrons. The van der Waals surface area contributed by atoms with Crippen molar-refractivity contribution in [2.45, 2.75) is 33.2 Å². The van der Waals surface area contributed by atoms with Crippen molar-refractivity contribution in [1.29, 1.82) is 0 Å². The third kappa shape index (κ3) is 5.84. The number of nitrogens with zero attached hydrogens (tertiary/aromatic N) is 1. The van der Waals surface area contributed by atoms with Crippen molar-refractivity contribution in [3.63, 3.8) is 0 Å². The Kier molecular flexibility index (Phi) is 6.45. The van der Waals surface area contributed by atoms with Crippen LogP contribution in [0, 0.1) is 17.8 Å². The van der Waals surface area contributed by atoms with E-state index in [1.165, 1.54) is 13.0 Å². The lowest BCUT2D eigenvalue weighted by molar-refractivity contribution is 0.101. The molecule has 0 aliphatic heterocycles. The molecule has 0 aromatic rings. The van der Waals surface area contributed by atoms with Crippen molar-refractivity contribution in [3.8, 4) is 0 Å². The monoisotopic (exact) mass is 242 g/mol. The van der Waals surface area contributed by atoms with E-state index in [1.807, 2.05) is 0 Å². The van der Waals surface area contributed by atoms with Crippen molar-refractivity contribution in [2.75, 3.05) is 40.4 Å². The van der Waals surface area contributed by atoms with Crippen LogP contribution in [0.5, 0.6) is 0 Å². The zero-order valence-electron chi connectivity index (χ0n) is 12.2. The Morgan fingerprint density at radius 1 is 1.35 bits per heavy atom. The molecule has 0 aromatic heterocycles. The first kappa shape index (κ1) is 14.9. The zero-order valence-corrected chi connectivity index (χ0v) is 12.2. The molecule has 3 unspecified atom stereocenters. The van der Waals surface area contributed by atoms with E-state index in [4.69, 9.17) is 4.74 Å². The van der Waals surface area contributed by atoms with Crippen molar-refractivity contribution in [1.82, 2.24) is 10.2 Å². The van der Waals surface area contributed by atoms with E-state index in [-0.39, 0.29) is 0 Å². The van der Waals surface area contributed by atoms with Crippen LogP contribution in [-0.2, 0) is 4.74 Å². The summed E-state index contributed by atoms with van der Waals surface area (Å²) in [6.45, 7) is 11.0. The fourth-order valence-corrected chi connectivity index (χ4v) is 2.25. The highest BCUT2D eigenvalue weighted by Gasteiger charge is 2.34. The minimum Gasteiger partial charge on any atom is -0.383 e. The summed E-state index contributed by atoms with van der Waals surface area (Å²) < 4.78 is 5.33. The Bertz CT molecular complexity index is 208. The predicted molar refractivity (Wildman–Crippen MR) is 73.3 cm³/mol. The number of ether oxygens (including phenoxy) is 1. The van der Waals surface area contributed by atoms with Crippen molar-refractivity contribution in [2.24, 2.45) is 17.8 Å². The highest BCUT2D eigenvalue weighted by Crippen LogP contribution is 2.38. The molecule has 1 aliphatic carbocycles. The van der Waals surface area contributed by atoms with Gasteiger partial charge in [-0.2, -0.15) is 0 Å². The summed E-state index contributed by atoms with van der Waals surface area (Å²) in [6, 6.07) is 0.506. The van der Waals surface area contributed by atoms with Crippen molar-refractivity contribution in [3.05, 3.63) is 0 Å². The molecule has 1 saturated carbocycles. The average molecular weight is 242 g/mol. The second-order valence-electron chi connectivity index (χ2n) is 6.07. The largest absolute Gasteiger partial charge is 0.383 e. The lowest BCUT2D eigenvalue weighted by Gasteiger charge is -2.28. The molecule has 102 valence electrons. The van der Waals surface area contributed by atoms with E-state index in [2.05, 4.69) is 38.0 Å². The van der Waals surface area contributed by atoms with Gasteiger partial charge in [-0.05, 0) is 37.8 Å². The van der Waals surface area contributed by atoms with Crippen LogP contribution < -0.4 is 5.32 Å². The molecule has 0 aromatic carbocycles. The number of methoxy groups -OCH3 is 1. The summed E-state index contributed by atoms with van der Waals surface area (Å²) in [5, 5.41) is 3.53. The molecule has 3 heteroatoms. The Balaban J connectivity index is 2.24. The molecule has 17 heavy (non-hydrogen) atoms. The van der Waals surface area contributed by atoms with Crippen LogP contribution in [0.2, 0.25) is 0 Å². The molecule has 0 heterocycles. The van der Waals surface area contributed by atoms with Crippen LogP contribution >= 0.6 is 0 Å². The fraction of sp³-hybridized carbons (Fsp3) is 1.00. The Hall–Kier alpha value is -0.120. The molecule has 0 spiro atoms. The molecule has 0 bridgehead atoms. The summed E-state index contributed by atoms with van der Waals surface area (Å²) in [4.78, 5) is 2.46. The van der Waals surface area contributed by atoms with Crippen LogP contribution in [0.25, 0.3) is 0 Å². The molecule has 3 atom stereocenters. The molecule has 1 N–H and O–H groups in total. The number of likely N-dealkylation sites (N-methyl/N-ethyl adjacent to an activating group) is 1. The highest BCUT2D eigenvalue weighted by molar-refractivity contribution is 4.86. The van der Waals surface area contributed by atoms with Crippen LogP contribution in [-0.4, -0.2) is 51.3 Å². The lowest BCUT2D eigenvalue weighted by atomic mass is 10.2. The first-order valence-corrected chi connectivity index (χ1v) is 6.94. The zero-order chi connectivity index (χ0) is 12.8. The molecular weight excluding hydrogens is 212 g/mol. The fourth-order valence-electron chi connectivity index (χ4n) is 2.25. The van der Waals surface area contributed by atoms with Gasteiger partial charge in [-0.1, -0.05) is 20.8 Å². The van der Waals surface area contributed by atoms with E-state index < -0.39 is 0 Å². The maximum atomic E-state index is 5.33. The summed E-state index contributed by atoms with van der Waals surface area (Å²) >= 11 is 0. The van der Waals surface area contributed by atoms with Gasteiger partial charge in [0.25, 0.3) is 0 Å². The van der Waals surface area contributed by atoms with Gasteiger partial charge in [0, 0.05) is 26.2 Å². The third-order valence-electron chi connectivity index (χ3n) is 3.71. The van der Waals surface area contributed by atoms with Gasteiger partial charge in [0.2, 0.25) is 0 Å². The third-order valence-corrected chi connectivity index (χ3v) is 3.71. The van der Waals surface area contributed by atoms with Crippen LogP contribution in [0.15, 0.2) is 0 Å². The van der Waals surface area contributed by atoms with Gasteiger partial charge in [-0.15, -0.1) is 0 Å². The van der Waals surface area contributed by atoms with Gasteiger partial charge in [0.05, 0.1) is 6.61 Å². The summed E-state index contributed by atoms with van der Waals surface area (Å²) in [7, 11) is 4.02. The van der Waals surface area contributed by atoms with Gasteiger partial charge >= 0.3 is 0 Å². The molecule has 3 nitrogen and oxygen atoms in total. The second kappa shape index (κ2) is 7.34. The topological polar surface area (TPSA) is 24.5 Å². The first-order valence-electron chi connectivity index (χ1n) is 6.94. The molecule has 0 saturated heterocycles. The van der Waals surface area contributed by atoms with Crippen LogP contribution in [0.3, 0.4) is 0 Å². The lowest BCUT2D eigenvalue weighted by Crippen LogP contribution is -2.44. The van der Waals surface area contributed by atoms with E-state index >= 15 is 0 Å². The van der Waals surface area contributed by atoms with Gasteiger partial charge < -0.3 is 10.1 Å². The summed E-state index contributed by atoms with van der Waals surface area (Å²) in [5.74, 6) is 2.57. The van der Waals surface area contributed by atoms with E-state index in [1.54, 1.807) is 7.11 Å². The van der Waals surface area contributed by atoms with Crippen molar-refractivity contribution >= 4 is 0 Å². The summed E-state index contributed by atoms with van der Waals surface area (Å²) in [5.41, 5.74) is 0. The standard InChI is InChI=1S/C14H30N2O/c1-11(2)7-15-8-14(10-17-5)16(4)9-13-6-12(13)3/h11-15H,6-10H2,1-5H3. The molecule has 1 fully saturated rings. The normalized spacial score (nSPS) is 25.6. The van der Waals surface area contributed by atoms with Gasteiger partial charge in [0.15, 0.2) is 0 Å². The molecular formula is C14H30N2O. The number of rotatable bonds is 9. The number of nitrogens with one attached hydrogen (secondary N) is 1. The highest BCUT2D eigenvalue weighted by atomic mass is 16.5. The number of hydrogen-bond acceptors (Lipinski definition) is 3. The van der Waals surface area contributed by atoms with Gasteiger partial charge in [-0.3, -0.25) is 4.90 Å². The Morgan fingerprint density at radius 2 is 2.00 bits per heavy atom. The van der Waals surface area contributed by atoms with Crippen LogP contribution in [0.4, 0.5) is 0 Å². The minimum atomic E-state index is 0.506. The molecule has 1 aliphatic rings. The van der Waals surface area contributed by atoms with Crippen molar-refractivity contribution < 1.29 is 4.74 Å². The quantitative estimate of drug-likeness (QED) is 0.667. The summed E-state index contributed by atoms with van der Waals surface area (Å²) in [6.07, 6.45) is 1.41. The van der Waals surface area contributed by atoms with Gasteiger partial charge in [-0.25, -0.2) is 0 Å². The molecule has 0 amide bonds. The smallest absolute Gasteiger partial charge is 0.0630 e. The van der Waals surface area contributed by atoms with E-state index in [0.717, 1.165) is 31.5 Å². The Morgan fingerprint density at radius 3 is 2.47 bits per heavy atom. The number of hydrogen-bond donors (Lipinski definition) is 1. The second-order valence-corrected chi connectivity index (χ2v) is 6.07. The SMILES string of the molecule is COCC(CNCC(C)C)N(C)CC1CC1C. The Labute approximate surface area is 107 Å². The predicted octanol–water partition coefficient (Wildman–Crippen LogP) is 1.83.